The second-order valence-electron chi connectivity index (χ2n) is 5.58. The number of carbonyl (C=O) groups excluding carboxylic acids is 1. The summed E-state index contributed by atoms with van der Waals surface area (Å²) in [7, 11) is 0. The highest BCUT2D eigenvalue weighted by Crippen LogP contribution is 2.32. The van der Waals surface area contributed by atoms with Crippen molar-refractivity contribution in [3.05, 3.63) is 47.8 Å². The van der Waals surface area contributed by atoms with E-state index in [2.05, 4.69) is 22.5 Å². The maximum Gasteiger partial charge on any atom is 0.269 e. The first kappa shape index (κ1) is 16.1. The van der Waals surface area contributed by atoms with E-state index in [1.165, 1.54) is 0 Å². The molecule has 0 aliphatic carbocycles. The van der Waals surface area contributed by atoms with E-state index in [1.807, 2.05) is 24.3 Å². The van der Waals surface area contributed by atoms with Crippen molar-refractivity contribution >= 4 is 11.6 Å². The van der Waals surface area contributed by atoms with E-state index in [1.54, 1.807) is 12.3 Å². The Labute approximate surface area is 141 Å². The lowest BCUT2D eigenvalue weighted by atomic mass is 10.2. The summed E-state index contributed by atoms with van der Waals surface area (Å²) in [5.41, 5.74) is 2.34. The molecule has 0 bridgehead atoms. The molecule has 0 atom stereocenters. The Hall–Kier alpha value is -2.76. The van der Waals surface area contributed by atoms with Crippen LogP contribution >= 0.6 is 0 Å². The van der Waals surface area contributed by atoms with Gasteiger partial charge in [-0.05, 0) is 36.2 Å². The lowest BCUT2D eigenvalue weighted by molar-refractivity contribution is 0.0948. The zero-order valence-electron chi connectivity index (χ0n) is 13.7. The molecule has 1 aliphatic heterocycles. The molecule has 3 rings (SSSR count). The molecule has 1 amide bonds. The van der Waals surface area contributed by atoms with E-state index in [9.17, 15) is 4.79 Å². The predicted molar refractivity (Wildman–Crippen MR) is 91.4 cm³/mol. The number of fused-ring (bicyclic) bond motifs is 1. The van der Waals surface area contributed by atoms with Gasteiger partial charge >= 0.3 is 0 Å². The first-order chi connectivity index (χ1) is 11.8. The highest BCUT2D eigenvalue weighted by atomic mass is 16.7. The molecule has 0 radical (unpaired) electrons. The van der Waals surface area contributed by atoms with Gasteiger partial charge in [-0.3, -0.25) is 9.78 Å². The average molecular weight is 327 g/mol. The van der Waals surface area contributed by atoms with E-state index in [-0.39, 0.29) is 12.7 Å². The number of anilines is 1. The Morgan fingerprint density at radius 1 is 1.21 bits per heavy atom. The number of nitrogens with one attached hydrogen (secondary N) is 2. The number of unbranched alkanes of at least 4 members (excludes halogenated alkanes) is 1. The molecule has 2 heterocycles. The minimum atomic E-state index is -0.143. The zero-order valence-corrected chi connectivity index (χ0v) is 13.7. The molecule has 0 spiro atoms. The van der Waals surface area contributed by atoms with Gasteiger partial charge in [0.1, 0.15) is 5.69 Å². The van der Waals surface area contributed by atoms with Gasteiger partial charge in [-0.1, -0.05) is 19.4 Å². The number of nitrogens with zero attached hydrogens (tertiary/aromatic N) is 1. The van der Waals surface area contributed by atoms with Gasteiger partial charge in [0.05, 0.1) is 0 Å². The number of pyridine rings is 1. The summed E-state index contributed by atoms with van der Waals surface area (Å²) in [6.45, 7) is 3.65. The molecule has 0 saturated heterocycles. The number of aromatic nitrogens is 1. The van der Waals surface area contributed by atoms with Crippen molar-refractivity contribution in [2.45, 2.75) is 26.3 Å². The quantitative estimate of drug-likeness (QED) is 0.765. The number of hydrogen-bond donors (Lipinski definition) is 2. The van der Waals surface area contributed by atoms with E-state index in [0.29, 0.717) is 18.8 Å². The van der Waals surface area contributed by atoms with Gasteiger partial charge in [0.2, 0.25) is 6.79 Å². The fraction of sp³-hybridized carbons (Fsp3) is 0.333. The van der Waals surface area contributed by atoms with Crippen LogP contribution < -0.4 is 20.1 Å². The molecule has 0 fully saturated rings. The minimum Gasteiger partial charge on any atom is -0.454 e. The number of benzene rings is 1. The molecular weight excluding hydrogens is 306 g/mol. The molecule has 1 aromatic heterocycles. The van der Waals surface area contributed by atoms with Crippen LogP contribution in [0.4, 0.5) is 5.69 Å². The van der Waals surface area contributed by atoms with Gasteiger partial charge in [0, 0.05) is 25.0 Å². The van der Waals surface area contributed by atoms with E-state index in [4.69, 9.17) is 9.47 Å². The van der Waals surface area contributed by atoms with Gasteiger partial charge in [-0.15, -0.1) is 0 Å². The monoisotopic (exact) mass is 327 g/mol. The van der Waals surface area contributed by atoms with Crippen molar-refractivity contribution in [2.75, 3.05) is 18.7 Å². The maximum absolute atomic E-state index is 12.0. The SMILES string of the molecule is CCCCNC(=O)c1cc(NCc2ccc3c(c2)OCO3)ccn1. The van der Waals surface area contributed by atoms with Crippen molar-refractivity contribution < 1.29 is 14.3 Å². The minimum absolute atomic E-state index is 0.143. The van der Waals surface area contributed by atoms with Crippen LogP contribution in [0, 0.1) is 0 Å². The molecule has 1 aromatic carbocycles. The average Bonchev–Trinajstić information content (AvgIpc) is 3.08. The van der Waals surface area contributed by atoms with Crippen molar-refractivity contribution in [2.24, 2.45) is 0 Å². The second-order valence-corrected chi connectivity index (χ2v) is 5.58. The Morgan fingerprint density at radius 3 is 2.96 bits per heavy atom. The van der Waals surface area contributed by atoms with Crippen molar-refractivity contribution in [1.29, 1.82) is 0 Å². The lowest BCUT2D eigenvalue weighted by Crippen LogP contribution is -2.25. The number of rotatable bonds is 7. The molecule has 2 N–H and O–H groups in total. The normalized spacial score (nSPS) is 12.0. The number of hydrogen-bond acceptors (Lipinski definition) is 5. The van der Waals surface area contributed by atoms with Crippen LogP contribution in [0.1, 0.15) is 35.8 Å². The highest BCUT2D eigenvalue weighted by Gasteiger charge is 2.13. The van der Waals surface area contributed by atoms with Crippen molar-refractivity contribution in [3.63, 3.8) is 0 Å². The number of amides is 1. The molecular formula is C18H21N3O3. The number of carbonyl (C=O) groups is 1. The molecule has 2 aromatic rings. The van der Waals surface area contributed by atoms with Gasteiger partial charge in [0.25, 0.3) is 5.91 Å². The molecule has 6 heteroatoms. The Kier molecular flexibility index (Phi) is 5.15. The molecule has 126 valence electrons. The number of ether oxygens (including phenoxy) is 2. The topological polar surface area (TPSA) is 72.5 Å². The van der Waals surface area contributed by atoms with Crippen LogP contribution in [0.3, 0.4) is 0 Å². The third-order valence-corrected chi connectivity index (χ3v) is 3.74. The predicted octanol–water partition coefficient (Wildman–Crippen LogP) is 2.95. The first-order valence-corrected chi connectivity index (χ1v) is 8.13. The zero-order chi connectivity index (χ0) is 16.8. The Balaban J connectivity index is 1.59. The maximum atomic E-state index is 12.0. The van der Waals surface area contributed by atoms with Crippen LogP contribution in [0.5, 0.6) is 11.5 Å². The van der Waals surface area contributed by atoms with E-state index in [0.717, 1.165) is 35.6 Å². The Bertz CT molecular complexity index is 718. The summed E-state index contributed by atoms with van der Waals surface area (Å²) < 4.78 is 10.7. The standard InChI is InChI=1S/C18H21N3O3/c1-2-3-7-20-18(22)15-10-14(6-8-19-15)21-11-13-4-5-16-17(9-13)24-12-23-16/h4-6,8-10H,2-3,7,11-12H2,1H3,(H,19,21)(H,20,22). The second kappa shape index (κ2) is 7.68. The summed E-state index contributed by atoms with van der Waals surface area (Å²) in [5, 5.41) is 6.17. The fourth-order valence-corrected chi connectivity index (χ4v) is 2.39. The first-order valence-electron chi connectivity index (χ1n) is 8.13. The van der Waals surface area contributed by atoms with Crippen LogP contribution in [0.2, 0.25) is 0 Å². The summed E-state index contributed by atoms with van der Waals surface area (Å²) >= 11 is 0. The summed E-state index contributed by atoms with van der Waals surface area (Å²) in [6, 6.07) is 9.44. The summed E-state index contributed by atoms with van der Waals surface area (Å²) in [5.74, 6) is 1.39. The van der Waals surface area contributed by atoms with Gasteiger partial charge in [-0.25, -0.2) is 0 Å². The molecule has 24 heavy (non-hydrogen) atoms. The lowest BCUT2D eigenvalue weighted by Gasteiger charge is -2.09. The third-order valence-electron chi connectivity index (χ3n) is 3.74. The van der Waals surface area contributed by atoms with Crippen LogP contribution in [0.25, 0.3) is 0 Å². The van der Waals surface area contributed by atoms with Crippen LogP contribution in [0.15, 0.2) is 36.5 Å². The van der Waals surface area contributed by atoms with Gasteiger partial charge in [-0.2, -0.15) is 0 Å². The summed E-state index contributed by atoms with van der Waals surface area (Å²) in [4.78, 5) is 16.2. The largest absolute Gasteiger partial charge is 0.454 e. The van der Waals surface area contributed by atoms with Gasteiger partial charge < -0.3 is 20.1 Å². The van der Waals surface area contributed by atoms with Crippen molar-refractivity contribution in [3.8, 4) is 11.5 Å². The Morgan fingerprint density at radius 2 is 2.08 bits per heavy atom. The van der Waals surface area contributed by atoms with Crippen molar-refractivity contribution in [1.82, 2.24) is 10.3 Å². The highest BCUT2D eigenvalue weighted by molar-refractivity contribution is 5.93. The molecule has 6 nitrogen and oxygen atoms in total. The van der Waals surface area contributed by atoms with Crippen LogP contribution in [-0.2, 0) is 6.54 Å². The van der Waals surface area contributed by atoms with E-state index < -0.39 is 0 Å². The smallest absolute Gasteiger partial charge is 0.269 e. The third kappa shape index (κ3) is 3.95. The summed E-state index contributed by atoms with van der Waals surface area (Å²) in [6.07, 6.45) is 3.65. The van der Waals surface area contributed by atoms with E-state index >= 15 is 0 Å². The fourth-order valence-electron chi connectivity index (χ4n) is 2.39. The molecule has 1 aliphatic rings. The molecule has 0 saturated carbocycles. The van der Waals surface area contributed by atoms with Gasteiger partial charge in [0.15, 0.2) is 11.5 Å². The molecule has 0 unspecified atom stereocenters. The van der Waals surface area contributed by atoms with Crippen LogP contribution in [-0.4, -0.2) is 24.2 Å².